The lowest BCUT2D eigenvalue weighted by Crippen LogP contribution is -2.06. The van der Waals surface area contributed by atoms with E-state index in [1.54, 1.807) is 13.4 Å². The zero-order chi connectivity index (χ0) is 10.7. The minimum atomic E-state index is 0.577. The van der Waals surface area contributed by atoms with Crippen LogP contribution in [0.15, 0.2) is 6.33 Å². The predicted octanol–water partition coefficient (Wildman–Crippen LogP) is 1.22. The number of anilines is 2. The molecule has 2 rings (SSSR count). The molecule has 0 aromatic carbocycles. The summed E-state index contributed by atoms with van der Waals surface area (Å²) in [6.07, 6.45) is 2.67. The normalized spacial score (nSPS) is 10.5. The monoisotopic (exact) mass is 206 g/mol. The summed E-state index contributed by atoms with van der Waals surface area (Å²) < 4.78 is 0. The van der Waals surface area contributed by atoms with Crippen LogP contribution in [0.1, 0.15) is 13.3 Å². The van der Waals surface area contributed by atoms with Gasteiger partial charge in [-0.2, -0.15) is 9.97 Å². The van der Waals surface area contributed by atoms with Crippen molar-refractivity contribution in [1.82, 2.24) is 19.9 Å². The van der Waals surface area contributed by atoms with E-state index < -0.39 is 0 Å². The first-order chi connectivity index (χ1) is 7.35. The summed E-state index contributed by atoms with van der Waals surface area (Å²) in [4.78, 5) is 15.7. The molecule has 0 spiro atoms. The summed E-state index contributed by atoms with van der Waals surface area (Å²) in [5.41, 5.74) is 1.52. The van der Waals surface area contributed by atoms with E-state index in [0.29, 0.717) is 11.6 Å². The van der Waals surface area contributed by atoms with Crippen molar-refractivity contribution in [2.75, 3.05) is 24.2 Å². The molecule has 2 aromatic heterocycles. The van der Waals surface area contributed by atoms with Crippen molar-refractivity contribution in [2.24, 2.45) is 0 Å². The molecule has 0 aliphatic carbocycles. The maximum Gasteiger partial charge on any atom is 0.226 e. The second kappa shape index (κ2) is 4.12. The lowest BCUT2D eigenvalue weighted by atomic mass is 10.4. The number of rotatable bonds is 4. The van der Waals surface area contributed by atoms with Crippen LogP contribution in [0.2, 0.25) is 0 Å². The molecule has 0 unspecified atom stereocenters. The van der Waals surface area contributed by atoms with Crippen molar-refractivity contribution in [3.05, 3.63) is 6.33 Å². The number of fused-ring (bicyclic) bond motifs is 1. The summed E-state index contributed by atoms with van der Waals surface area (Å²) in [6.45, 7) is 2.99. The maximum absolute atomic E-state index is 4.32. The maximum atomic E-state index is 4.32. The van der Waals surface area contributed by atoms with E-state index in [2.05, 4.69) is 37.5 Å². The molecular formula is C9H14N6. The van der Waals surface area contributed by atoms with Crippen molar-refractivity contribution < 1.29 is 0 Å². The first kappa shape index (κ1) is 9.70. The molecule has 80 valence electrons. The third kappa shape index (κ3) is 1.83. The Bertz CT molecular complexity index is 449. The van der Waals surface area contributed by atoms with Crippen LogP contribution in [0.3, 0.4) is 0 Å². The number of hydrogen-bond acceptors (Lipinski definition) is 5. The van der Waals surface area contributed by atoms with E-state index in [4.69, 9.17) is 0 Å². The molecular weight excluding hydrogens is 192 g/mol. The minimum Gasteiger partial charge on any atom is -0.368 e. The molecule has 3 N–H and O–H groups in total. The fourth-order valence-electron chi connectivity index (χ4n) is 1.32. The van der Waals surface area contributed by atoms with E-state index in [1.807, 2.05) is 0 Å². The molecule has 0 atom stereocenters. The Morgan fingerprint density at radius 2 is 2.27 bits per heavy atom. The number of nitrogens with one attached hydrogen (secondary N) is 3. The van der Waals surface area contributed by atoms with Gasteiger partial charge in [-0.1, -0.05) is 6.92 Å². The van der Waals surface area contributed by atoms with Crippen molar-refractivity contribution in [3.63, 3.8) is 0 Å². The van der Waals surface area contributed by atoms with Gasteiger partial charge in [-0.15, -0.1) is 0 Å². The van der Waals surface area contributed by atoms with E-state index >= 15 is 0 Å². The Labute approximate surface area is 87.5 Å². The molecule has 15 heavy (non-hydrogen) atoms. The van der Waals surface area contributed by atoms with E-state index in [1.165, 1.54) is 0 Å². The van der Waals surface area contributed by atoms with Gasteiger partial charge in [0, 0.05) is 13.6 Å². The van der Waals surface area contributed by atoms with Gasteiger partial charge >= 0.3 is 0 Å². The van der Waals surface area contributed by atoms with Gasteiger partial charge in [-0.3, -0.25) is 0 Å². The highest BCUT2D eigenvalue weighted by Crippen LogP contribution is 2.17. The molecule has 2 heterocycles. The Morgan fingerprint density at radius 3 is 3.00 bits per heavy atom. The van der Waals surface area contributed by atoms with E-state index in [0.717, 1.165) is 24.3 Å². The molecule has 6 nitrogen and oxygen atoms in total. The fraction of sp³-hybridized carbons (Fsp3) is 0.444. The average molecular weight is 206 g/mol. The van der Waals surface area contributed by atoms with Crippen LogP contribution in [-0.4, -0.2) is 33.5 Å². The van der Waals surface area contributed by atoms with Crippen LogP contribution in [0.4, 0.5) is 11.8 Å². The number of imidazole rings is 1. The van der Waals surface area contributed by atoms with Crippen molar-refractivity contribution in [2.45, 2.75) is 13.3 Å². The minimum absolute atomic E-state index is 0.577. The Morgan fingerprint density at radius 1 is 1.40 bits per heavy atom. The summed E-state index contributed by atoms with van der Waals surface area (Å²) in [7, 11) is 1.79. The first-order valence-electron chi connectivity index (χ1n) is 4.98. The third-order valence-corrected chi connectivity index (χ3v) is 2.05. The second-order valence-electron chi connectivity index (χ2n) is 3.17. The number of aromatic amines is 1. The predicted molar refractivity (Wildman–Crippen MR) is 60.0 cm³/mol. The van der Waals surface area contributed by atoms with Crippen LogP contribution < -0.4 is 10.6 Å². The number of aromatic nitrogens is 4. The molecule has 0 bridgehead atoms. The number of H-pyrrole nitrogens is 1. The number of nitrogens with zero attached hydrogens (tertiary/aromatic N) is 3. The summed E-state index contributed by atoms with van der Waals surface area (Å²) >= 11 is 0. The zero-order valence-corrected chi connectivity index (χ0v) is 8.83. The fourth-order valence-corrected chi connectivity index (χ4v) is 1.32. The van der Waals surface area contributed by atoms with Crippen molar-refractivity contribution >= 4 is 22.9 Å². The van der Waals surface area contributed by atoms with Gasteiger partial charge in [0.15, 0.2) is 11.5 Å². The van der Waals surface area contributed by atoms with E-state index in [9.17, 15) is 0 Å². The SMILES string of the molecule is CCCNc1nc(NC)nc2nc[nH]c12. The van der Waals surface area contributed by atoms with Crippen LogP contribution in [0, 0.1) is 0 Å². The van der Waals surface area contributed by atoms with Gasteiger partial charge in [-0.25, -0.2) is 4.98 Å². The third-order valence-electron chi connectivity index (χ3n) is 2.05. The molecule has 0 fully saturated rings. The van der Waals surface area contributed by atoms with Gasteiger partial charge in [0.1, 0.15) is 5.52 Å². The Hall–Kier alpha value is -1.85. The zero-order valence-electron chi connectivity index (χ0n) is 8.83. The van der Waals surface area contributed by atoms with Gasteiger partial charge in [-0.05, 0) is 6.42 Å². The van der Waals surface area contributed by atoms with E-state index in [-0.39, 0.29) is 0 Å². The van der Waals surface area contributed by atoms with Gasteiger partial charge in [0.2, 0.25) is 5.95 Å². The van der Waals surface area contributed by atoms with Gasteiger partial charge < -0.3 is 15.6 Å². The smallest absolute Gasteiger partial charge is 0.226 e. The molecule has 2 aromatic rings. The molecule has 0 radical (unpaired) electrons. The first-order valence-corrected chi connectivity index (χ1v) is 4.98. The van der Waals surface area contributed by atoms with Crippen LogP contribution >= 0.6 is 0 Å². The lowest BCUT2D eigenvalue weighted by Gasteiger charge is -2.06. The van der Waals surface area contributed by atoms with Crippen LogP contribution in [-0.2, 0) is 0 Å². The van der Waals surface area contributed by atoms with Gasteiger partial charge in [0.25, 0.3) is 0 Å². The average Bonchev–Trinajstić information content (AvgIpc) is 2.73. The summed E-state index contributed by atoms with van der Waals surface area (Å²) in [5.74, 6) is 1.37. The highest BCUT2D eigenvalue weighted by atomic mass is 15.2. The number of hydrogen-bond donors (Lipinski definition) is 3. The summed E-state index contributed by atoms with van der Waals surface area (Å²) in [5, 5.41) is 6.15. The highest BCUT2D eigenvalue weighted by Gasteiger charge is 2.07. The molecule has 0 amide bonds. The summed E-state index contributed by atoms with van der Waals surface area (Å²) in [6, 6.07) is 0. The van der Waals surface area contributed by atoms with Crippen molar-refractivity contribution in [3.8, 4) is 0 Å². The molecule has 0 saturated heterocycles. The second-order valence-corrected chi connectivity index (χ2v) is 3.17. The quantitative estimate of drug-likeness (QED) is 0.701. The van der Waals surface area contributed by atoms with Crippen LogP contribution in [0.5, 0.6) is 0 Å². The van der Waals surface area contributed by atoms with Crippen molar-refractivity contribution in [1.29, 1.82) is 0 Å². The largest absolute Gasteiger partial charge is 0.368 e. The van der Waals surface area contributed by atoms with Gasteiger partial charge in [0.05, 0.1) is 6.33 Å². The molecule has 0 aliphatic rings. The standard InChI is InChI=1S/C9H14N6/c1-3-4-11-7-6-8(13-5-12-6)15-9(10-2)14-7/h5H,3-4H2,1-2H3,(H3,10,11,12,13,14,15). The molecule has 0 saturated carbocycles. The lowest BCUT2D eigenvalue weighted by molar-refractivity contribution is 0.969. The highest BCUT2D eigenvalue weighted by molar-refractivity contribution is 5.83. The Balaban J connectivity index is 2.43. The topological polar surface area (TPSA) is 78.5 Å². The molecule has 6 heteroatoms. The Kier molecular flexibility index (Phi) is 2.66. The van der Waals surface area contributed by atoms with Crippen LogP contribution in [0.25, 0.3) is 11.2 Å². The molecule has 0 aliphatic heterocycles.